The van der Waals surface area contributed by atoms with Crippen LogP contribution < -0.4 is 8.92 Å². The maximum atomic E-state index is 10.7. The molecule has 19 heavy (non-hydrogen) atoms. The maximum absolute atomic E-state index is 10.7. The summed E-state index contributed by atoms with van der Waals surface area (Å²) in [5, 5.41) is 26.8. The van der Waals surface area contributed by atoms with Gasteiger partial charge in [0, 0.05) is 0 Å². The van der Waals surface area contributed by atoms with E-state index in [2.05, 4.69) is 0 Å². The molecule has 2 aromatic carbocycles. The normalized spacial score (nSPS) is 10.7. The van der Waals surface area contributed by atoms with E-state index in [1.807, 2.05) is 12.1 Å². The molecule has 0 atom stereocenters. The molecule has 0 radical (unpaired) electrons. The van der Waals surface area contributed by atoms with Crippen LogP contribution in [0.4, 0.5) is 0 Å². The topological polar surface area (TPSA) is 77.8 Å². The van der Waals surface area contributed by atoms with Crippen LogP contribution in [-0.2, 0) is 0 Å². The van der Waals surface area contributed by atoms with Gasteiger partial charge in [-0.15, -0.1) is 0 Å². The monoisotopic (exact) mass is 324 g/mol. The summed E-state index contributed by atoms with van der Waals surface area (Å²) in [5.41, 5.74) is 0.735. The molecule has 0 aliphatic carbocycles. The van der Waals surface area contributed by atoms with E-state index in [1.54, 1.807) is 36.4 Å². The minimum absolute atomic E-state index is 0.0654. The van der Waals surface area contributed by atoms with Crippen molar-refractivity contribution in [1.29, 1.82) is 0 Å². The molecule has 0 unspecified atom stereocenters. The molecule has 2 rings (SSSR count). The summed E-state index contributed by atoms with van der Waals surface area (Å²) in [6, 6.07) is 13.8. The Hall–Kier alpha value is -1.65. The molecule has 2 aromatic rings. The molecule has 0 aliphatic heterocycles. The zero-order chi connectivity index (χ0) is 13.8. The van der Waals surface area contributed by atoms with E-state index in [0.29, 0.717) is 5.56 Å². The fourth-order valence-corrected chi connectivity index (χ4v) is 3.22. The molecule has 0 spiro atoms. The van der Waals surface area contributed by atoms with Crippen LogP contribution in [-0.4, -0.2) is 36.2 Å². The van der Waals surface area contributed by atoms with Crippen LogP contribution in [0, 0.1) is 0 Å². The van der Waals surface area contributed by atoms with Gasteiger partial charge in [0.05, 0.1) is 0 Å². The zero-order valence-corrected chi connectivity index (χ0v) is 11.6. The molecule has 0 bridgehead atoms. The van der Waals surface area contributed by atoms with E-state index >= 15 is 0 Å². The van der Waals surface area contributed by atoms with Gasteiger partial charge in [-0.05, 0) is 0 Å². The molecule has 0 aromatic heterocycles. The number of aliphatic hydroxyl groups excluding tert-OH is 1. The van der Waals surface area contributed by atoms with Gasteiger partial charge < -0.3 is 0 Å². The van der Waals surface area contributed by atoms with Crippen molar-refractivity contribution >= 4 is 29.8 Å². The number of aliphatic hydroxyl groups is 2. The minimum atomic E-state index is -1.45. The third-order valence-electron chi connectivity index (χ3n) is 2.52. The van der Waals surface area contributed by atoms with Gasteiger partial charge in [0.15, 0.2) is 0 Å². The van der Waals surface area contributed by atoms with Gasteiger partial charge in [-0.3, -0.25) is 0 Å². The van der Waals surface area contributed by atoms with Gasteiger partial charge in [-0.25, -0.2) is 0 Å². The van der Waals surface area contributed by atoms with Crippen molar-refractivity contribution in [2.24, 2.45) is 0 Å². The van der Waals surface area contributed by atoms with Gasteiger partial charge in [-0.2, -0.15) is 0 Å². The quantitative estimate of drug-likeness (QED) is 0.548. The first kappa shape index (κ1) is 13.8. The number of aromatic carboxylic acids is 1. The van der Waals surface area contributed by atoms with Crippen LogP contribution in [0.25, 0.3) is 0 Å². The van der Waals surface area contributed by atoms with Crippen molar-refractivity contribution in [3.63, 3.8) is 0 Å². The van der Waals surface area contributed by atoms with E-state index in [-0.39, 0.29) is 20.5 Å². The first-order chi connectivity index (χ1) is 9.06. The number of benzene rings is 2. The van der Waals surface area contributed by atoms with Gasteiger partial charge >= 0.3 is 116 Å². The second kappa shape index (κ2) is 5.99. The molecular formula is C14H12O4Se. The molecule has 98 valence electrons. The standard InChI is InChI=1S/C14H12O4Se/c15-13(16)9-1-5-11(6-2-9)19-12-7-3-10(4-8-12)14(17)18/h1-8,13,15-16H,(H,17,18). The van der Waals surface area contributed by atoms with Gasteiger partial charge in [-0.1, -0.05) is 0 Å². The van der Waals surface area contributed by atoms with Crippen LogP contribution in [0.3, 0.4) is 0 Å². The molecule has 0 fully saturated rings. The summed E-state index contributed by atoms with van der Waals surface area (Å²) in [7, 11) is 0. The Balaban J connectivity index is 2.10. The fraction of sp³-hybridized carbons (Fsp3) is 0.0714. The van der Waals surface area contributed by atoms with Crippen molar-refractivity contribution in [3.05, 3.63) is 59.7 Å². The van der Waals surface area contributed by atoms with Crippen LogP contribution in [0.2, 0.25) is 0 Å². The number of carbonyl (C=O) groups is 1. The van der Waals surface area contributed by atoms with E-state index in [4.69, 9.17) is 15.3 Å². The molecule has 0 saturated heterocycles. The molecular weight excluding hydrogens is 311 g/mol. The number of hydrogen-bond acceptors (Lipinski definition) is 3. The van der Waals surface area contributed by atoms with Gasteiger partial charge in [0.1, 0.15) is 0 Å². The summed E-state index contributed by atoms with van der Waals surface area (Å²) in [6.45, 7) is 0. The Kier molecular flexibility index (Phi) is 4.35. The molecule has 4 nitrogen and oxygen atoms in total. The average molecular weight is 323 g/mol. The van der Waals surface area contributed by atoms with Crippen molar-refractivity contribution in [2.75, 3.05) is 0 Å². The molecule has 0 saturated carbocycles. The van der Waals surface area contributed by atoms with Crippen molar-refractivity contribution in [1.82, 2.24) is 0 Å². The summed E-state index contributed by atoms with van der Waals surface area (Å²) in [6.07, 6.45) is -1.45. The van der Waals surface area contributed by atoms with Crippen LogP contribution in [0.5, 0.6) is 0 Å². The van der Waals surface area contributed by atoms with E-state index in [0.717, 1.165) is 8.92 Å². The third-order valence-corrected chi connectivity index (χ3v) is 4.65. The zero-order valence-electron chi connectivity index (χ0n) is 9.85. The van der Waals surface area contributed by atoms with E-state index in [9.17, 15) is 4.79 Å². The Labute approximate surface area is 116 Å². The van der Waals surface area contributed by atoms with Gasteiger partial charge in [0.25, 0.3) is 0 Å². The third kappa shape index (κ3) is 3.65. The SMILES string of the molecule is O=C(O)c1ccc([Se]c2ccc(C(O)O)cc2)cc1. The molecule has 0 heterocycles. The number of carboxylic acid groups (broad SMARTS) is 1. The van der Waals surface area contributed by atoms with Crippen molar-refractivity contribution in [2.45, 2.75) is 6.29 Å². The second-order valence-electron chi connectivity index (χ2n) is 3.87. The fourth-order valence-electron chi connectivity index (χ4n) is 1.51. The summed E-state index contributed by atoms with van der Waals surface area (Å²) < 4.78 is 2.15. The summed E-state index contributed by atoms with van der Waals surface area (Å²) >= 11 is 0.0654. The Bertz CT molecular complexity index is 561. The molecule has 3 N–H and O–H groups in total. The second-order valence-corrected chi connectivity index (χ2v) is 6.28. The van der Waals surface area contributed by atoms with Crippen molar-refractivity contribution < 1.29 is 20.1 Å². The van der Waals surface area contributed by atoms with Crippen LogP contribution in [0.1, 0.15) is 22.2 Å². The van der Waals surface area contributed by atoms with E-state index in [1.165, 1.54) is 0 Å². The Morgan fingerprint density at radius 1 is 0.895 bits per heavy atom. The van der Waals surface area contributed by atoms with Crippen LogP contribution in [0.15, 0.2) is 48.5 Å². The predicted octanol–water partition coefficient (Wildman–Crippen LogP) is 0.0230. The van der Waals surface area contributed by atoms with Crippen LogP contribution >= 0.6 is 0 Å². The van der Waals surface area contributed by atoms with Crippen molar-refractivity contribution in [3.8, 4) is 0 Å². The molecule has 0 aliphatic rings. The first-order valence-corrected chi connectivity index (χ1v) is 7.25. The number of carboxylic acids is 1. The summed E-state index contributed by atoms with van der Waals surface area (Å²) in [5.74, 6) is -0.930. The van der Waals surface area contributed by atoms with Gasteiger partial charge in [0.2, 0.25) is 0 Å². The Morgan fingerprint density at radius 3 is 1.79 bits per heavy atom. The number of rotatable bonds is 4. The van der Waals surface area contributed by atoms with E-state index < -0.39 is 12.3 Å². The average Bonchev–Trinajstić information content (AvgIpc) is 2.40. The summed E-state index contributed by atoms with van der Waals surface area (Å²) in [4.78, 5) is 10.7. The number of hydrogen-bond donors (Lipinski definition) is 3. The Morgan fingerprint density at radius 2 is 1.37 bits per heavy atom. The predicted molar refractivity (Wildman–Crippen MR) is 72.0 cm³/mol. The molecule has 0 amide bonds. The molecule has 5 heteroatoms. The first-order valence-electron chi connectivity index (χ1n) is 5.53.